The Morgan fingerprint density at radius 3 is 2.87 bits per heavy atom. The molecule has 0 aromatic carbocycles. The summed E-state index contributed by atoms with van der Waals surface area (Å²) in [6, 6.07) is 0. The maximum Gasteiger partial charge on any atom is 0.136 e. The van der Waals surface area contributed by atoms with Gasteiger partial charge in [-0.2, -0.15) is 0 Å². The predicted molar refractivity (Wildman–Crippen MR) is 90.5 cm³/mol. The molecule has 4 rings (SSSR count). The van der Waals surface area contributed by atoms with Crippen LogP contribution in [0.15, 0.2) is 11.6 Å². The summed E-state index contributed by atoms with van der Waals surface area (Å²) in [7, 11) is 0. The van der Waals surface area contributed by atoms with Crippen LogP contribution in [0.1, 0.15) is 64.7 Å². The van der Waals surface area contributed by atoms with Crippen LogP contribution in [0.5, 0.6) is 0 Å². The molecule has 0 saturated heterocycles. The van der Waals surface area contributed by atoms with Crippen molar-refractivity contribution in [3.63, 3.8) is 0 Å². The van der Waals surface area contributed by atoms with Gasteiger partial charge in [0.25, 0.3) is 0 Å². The fourth-order valence-electron chi connectivity index (χ4n) is 6.88. The molecule has 4 aliphatic rings. The number of hydrogen-bond donors (Lipinski definition) is 1. The minimum Gasteiger partial charge on any atom is -0.377 e. The highest BCUT2D eigenvalue weighted by Gasteiger charge is 2.63. The van der Waals surface area contributed by atoms with Gasteiger partial charge in [-0.05, 0) is 68.6 Å². The maximum absolute atomic E-state index is 11.8. The second-order valence-corrected chi connectivity index (χ2v) is 8.40. The Kier molecular flexibility index (Phi) is 3.50. The van der Waals surface area contributed by atoms with Gasteiger partial charge in [0.1, 0.15) is 11.4 Å². The van der Waals surface area contributed by atoms with Crippen molar-refractivity contribution in [2.75, 3.05) is 0 Å². The number of terminal acetylenes is 1. The number of Topliss-reactive ketones (excluding diaryl/α,β-unsaturated/α-hetero) is 1. The van der Waals surface area contributed by atoms with E-state index in [1.54, 1.807) is 0 Å². The first kappa shape index (κ1) is 15.5. The Morgan fingerprint density at radius 2 is 2.13 bits per heavy atom. The summed E-state index contributed by atoms with van der Waals surface area (Å²) < 4.78 is 0. The van der Waals surface area contributed by atoms with Crippen molar-refractivity contribution in [2.45, 2.75) is 70.3 Å². The zero-order chi connectivity index (χ0) is 16.2. The first-order chi connectivity index (χ1) is 11.0. The summed E-state index contributed by atoms with van der Waals surface area (Å²) in [5.74, 6) is 5.77. The van der Waals surface area contributed by atoms with Gasteiger partial charge in [-0.15, -0.1) is 6.42 Å². The lowest BCUT2D eigenvalue weighted by Gasteiger charge is -2.55. The number of ketones is 1. The molecule has 1 N–H and O–H groups in total. The molecule has 0 spiro atoms. The van der Waals surface area contributed by atoms with Crippen LogP contribution in [0.3, 0.4) is 0 Å². The summed E-state index contributed by atoms with van der Waals surface area (Å²) in [5.41, 5.74) is 0.458. The second kappa shape index (κ2) is 5.21. The van der Waals surface area contributed by atoms with E-state index in [1.165, 1.54) is 12.0 Å². The van der Waals surface area contributed by atoms with Gasteiger partial charge in [-0.1, -0.05) is 24.5 Å². The number of carbonyl (C=O) groups excluding carboxylic acids is 1. The molecule has 0 aliphatic heterocycles. The molecular weight excluding hydrogens is 284 g/mol. The van der Waals surface area contributed by atoms with E-state index in [1.807, 2.05) is 0 Å². The lowest BCUT2D eigenvalue weighted by molar-refractivity contribution is -0.121. The lowest BCUT2D eigenvalue weighted by Crippen LogP contribution is -2.53. The summed E-state index contributed by atoms with van der Waals surface area (Å²) >= 11 is 0. The summed E-state index contributed by atoms with van der Waals surface area (Å²) in [6.07, 6.45) is 16.8. The Balaban J connectivity index is 1.68. The standard InChI is InChI=1S/C21H28O2/c1-3-20-11-9-17-16-8-6-15(22)13-14(16)5-7-18(17)19(20)10-12-21(20,23)4-2/h2,5,16-19,23H,3,6-13H2,1H3/t16-,17-,18+,19+,20-,21?/m0/s1. The average Bonchev–Trinajstić information content (AvgIpc) is 2.88. The van der Waals surface area contributed by atoms with E-state index >= 15 is 0 Å². The molecule has 2 nitrogen and oxygen atoms in total. The van der Waals surface area contributed by atoms with Crippen molar-refractivity contribution in [3.05, 3.63) is 11.6 Å². The molecule has 6 atom stereocenters. The summed E-state index contributed by atoms with van der Waals surface area (Å²) in [6.45, 7) is 2.21. The Morgan fingerprint density at radius 1 is 1.30 bits per heavy atom. The van der Waals surface area contributed by atoms with E-state index in [0.717, 1.165) is 44.9 Å². The zero-order valence-corrected chi connectivity index (χ0v) is 14.2. The van der Waals surface area contributed by atoms with Crippen molar-refractivity contribution < 1.29 is 9.90 Å². The summed E-state index contributed by atoms with van der Waals surface area (Å²) in [5, 5.41) is 11.1. The van der Waals surface area contributed by atoms with E-state index in [4.69, 9.17) is 6.42 Å². The van der Waals surface area contributed by atoms with Gasteiger partial charge in [0.2, 0.25) is 0 Å². The maximum atomic E-state index is 11.8. The molecule has 0 heterocycles. The van der Waals surface area contributed by atoms with E-state index in [-0.39, 0.29) is 5.41 Å². The third-order valence-electron chi connectivity index (χ3n) is 7.99. The van der Waals surface area contributed by atoms with Gasteiger partial charge < -0.3 is 5.11 Å². The lowest BCUT2D eigenvalue weighted by atomic mass is 9.50. The van der Waals surface area contributed by atoms with Crippen molar-refractivity contribution in [1.29, 1.82) is 0 Å². The third-order valence-corrected chi connectivity index (χ3v) is 7.99. The normalized spacial score (nSPS) is 48.7. The second-order valence-electron chi connectivity index (χ2n) is 8.40. The van der Waals surface area contributed by atoms with Crippen LogP contribution in [-0.4, -0.2) is 16.5 Å². The molecule has 0 amide bonds. The number of carbonyl (C=O) groups is 1. The number of allylic oxidation sites excluding steroid dienone is 2. The molecule has 0 aromatic rings. The zero-order valence-electron chi connectivity index (χ0n) is 14.2. The molecule has 124 valence electrons. The highest BCUT2D eigenvalue weighted by Crippen LogP contribution is 2.65. The highest BCUT2D eigenvalue weighted by atomic mass is 16.3. The number of fused-ring (bicyclic) bond motifs is 5. The molecule has 2 heteroatoms. The van der Waals surface area contributed by atoms with Crippen LogP contribution in [0.25, 0.3) is 0 Å². The largest absolute Gasteiger partial charge is 0.377 e. The number of aliphatic hydroxyl groups is 1. The molecule has 1 unspecified atom stereocenters. The van der Waals surface area contributed by atoms with Crippen LogP contribution in [-0.2, 0) is 4.79 Å². The molecular formula is C21H28O2. The van der Waals surface area contributed by atoms with Gasteiger partial charge in [0.15, 0.2) is 0 Å². The average molecular weight is 312 g/mol. The van der Waals surface area contributed by atoms with Crippen molar-refractivity contribution in [1.82, 2.24) is 0 Å². The van der Waals surface area contributed by atoms with E-state index in [0.29, 0.717) is 35.9 Å². The molecule has 0 aromatic heterocycles. The number of rotatable bonds is 1. The van der Waals surface area contributed by atoms with Crippen LogP contribution >= 0.6 is 0 Å². The third kappa shape index (κ3) is 1.96. The van der Waals surface area contributed by atoms with Gasteiger partial charge in [0.05, 0.1) is 0 Å². The predicted octanol–water partition coefficient (Wildman–Crippen LogP) is 3.88. The van der Waals surface area contributed by atoms with E-state index in [2.05, 4.69) is 18.9 Å². The molecule has 0 bridgehead atoms. The fourth-order valence-corrected chi connectivity index (χ4v) is 6.88. The van der Waals surface area contributed by atoms with Crippen LogP contribution in [0.4, 0.5) is 0 Å². The van der Waals surface area contributed by atoms with E-state index in [9.17, 15) is 9.90 Å². The molecule has 23 heavy (non-hydrogen) atoms. The van der Waals surface area contributed by atoms with Gasteiger partial charge in [-0.25, -0.2) is 0 Å². The van der Waals surface area contributed by atoms with Gasteiger partial charge >= 0.3 is 0 Å². The minimum absolute atomic E-state index is 0.0707. The molecule has 0 radical (unpaired) electrons. The Hall–Kier alpha value is -1.07. The van der Waals surface area contributed by atoms with Gasteiger partial charge in [0, 0.05) is 18.3 Å². The quantitative estimate of drug-likeness (QED) is 0.589. The first-order valence-corrected chi connectivity index (χ1v) is 9.45. The van der Waals surface area contributed by atoms with E-state index < -0.39 is 5.60 Å². The monoisotopic (exact) mass is 312 g/mol. The van der Waals surface area contributed by atoms with Crippen molar-refractivity contribution in [3.8, 4) is 12.3 Å². The minimum atomic E-state index is -0.899. The van der Waals surface area contributed by atoms with Crippen LogP contribution < -0.4 is 0 Å². The van der Waals surface area contributed by atoms with Crippen LogP contribution in [0.2, 0.25) is 0 Å². The SMILES string of the molecule is C#CC1(O)CC[C@@H]2[C@@H]3CC=C4CC(=O)CC[C@@H]4[C@@H]3CC[C@@]21CC. The first-order valence-electron chi connectivity index (χ1n) is 9.45. The Bertz CT molecular complexity index is 597. The highest BCUT2D eigenvalue weighted by molar-refractivity contribution is 5.82. The van der Waals surface area contributed by atoms with Crippen LogP contribution in [0, 0.1) is 41.4 Å². The number of hydrogen-bond acceptors (Lipinski definition) is 2. The molecule has 4 aliphatic carbocycles. The fraction of sp³-hybridized carbons (Fsp3) is 0.762. The summed E-state index contributed by atoms with van der Waals surface area (Å²) in [4.78, 5) is 11.8. The van der Waals surface area contributed by atoms with Crippen molar-refractivity contribution >= 4 is 5.78 Å². The van der Waals surface area contributed by atoms with Crippen molar-refractivity contribution in [2.24, 2.45) is 29.1 Å². The smallest absolute Gasteiger partial charge is 0.136 e. The molecule has 3 fully saturated rings. The van der Waals surface area contributed by atoms with Gasteiger partial charge in [-0.3, -0.25) is 4.79 Å². The molecule has 3 saturated carbocycles. The Labute approximate surface area is 139 Å². The topological polar surface area (TPSA) is 37.3 Å².